The minimum atomic E-state index is -0.0890. The minimum Gasteiger partial charge on any atom is -0.309 e. The van der Waals surface area contributed by atoms with Gasteiger partial charge in [-0.3, -0.25) is 0 Å². The van der Waals surface area contributed by atoms with Crippen LogP contribution in [0.4, 0.5) is 17.1 Å². The van der Waals surface area contributed by atoms with Gasteiger partial charge < -0.3 is 4.90 Å². The predicted octanol–water partition coefficient (Wildman–Crippen LogP) is 14.1. The zero-order valence-electron chi connectivity index (χ0n) is 29.5. The van der Waals surface area contributed by atoms with Gasteiger partial charge in [-0.25, -0.2) is 0 Å². The van der Waals surface area contributed by atoms with Gasteiger partial charge in [-0.2, -0.15) is 0 Å². The van der Waals surface area contributed by atoms with Crippen LogP contribution in [-0.2, 0) is 5.41 Å². The number of benzene rings is 8. The van der Waals surface area contributed by atoms with E-state index >= 15 is 0 Å². The van der Waals surface area contributed by atoms with Crippen molar-refractivity contribution in [3.05, 3.63) is 211 Å². The number of fused-ring (bicyclic) bond motifs is 3. The average molecular weight is 666 g/mol. The number of hydrogen-bond donors (Lipinski definition) is 0. The van der Waals surface area contributed by atoms with Gasteiger partial charge in [-0.05, 0) is 79.9 Å². The molecule has 1 nitrogen and oxygen atoms in total. The lowest BCUT2D eigenvalue weighted by molar-refractivity contribution is 0.660. The molecule has 0 fully saturated rings. The van der Waals surface area contributed by atoms with Crippen molar-refractivity contribution in [3.63, 3.8) is 0 Å². The first-order valence-electron chi connectivity index (χ1n) is 18.1. The van der Waals surface area contributed by atoms with Gasteiger partial charge in [0.05, 0.1) is 11.4 Å². The molecule has 8 aromatic rings. The molecule has 0 saturated carbocycles. The quantitative estimate of drug-likeness (QED) is 0.164. The van der Waals surface area contributed by atoms with Crippen LogP contribution in [0.3, 0.4) is 0 Å². The lowest BCUT2D eigenvalue weighted by atomic mass is 9.82. The van der Waals surface area contributed by atoms with Crippen molar-refractivity contribution in [1.29, 1.82) is 0 Å². The number of hydrogen-bond acceptors (Lipinski definition) is 1. The van der Waals surface area contributed by atoms with Crippen LogP contribution in [-0.4, -0.2) is 0 Å². The Bertz CT molecular complexity index is 2530. The van der Waals surface area contributed by atoms with Gasteiger partial charge >= 0.3 is 0 Å². The second-order valence-electron chi connectivity index (χ2n) is 14.1. The Kier molecular flexibility index (Phi) is 7.90. The lowest BCUT2D eigenvalue weighted by Gasteiger charge is -2.31. The van der Waals surface area contributed by atoms with E-state index in [1.807, 2.05) is 0 Å². The molecule has 0 aromatic heterocycles. The van der Waals surface area contributed by atoms with E-state index in [2.05, 4.69) is 219 Å². The van der Waals surface area contributed by atoms with E-state index in [1.165, 1.54) is 66.8 Å². The summed E-state index contributed by atoms with van der Waals surface area (Å²) in [4.78, 5) is 2.48. The van der Waals surface area contributed by atoms with E-state index in [9.17, 15) is 0 Å². The third-order valence-electron chi connectivity index (χ3n) is 10.7. The third-order valence-corrected chi connectivity index (χ3v) is 10.7. The van der Waals surface area contributed by atoms with Crippen LogP contribution in [0.1, 0.15) is 25.0 Å². The van der Waals surface area contributed by atoms with Crippen LogP contribution in [0.25, 0.3) is 55.6 Å². The molecule has 0 bridgehead atoms. The highest BCUT2D eigenvalue weighted by atomic mass is 15.1. The molecule has 1 heteroatoms. The van der Waals surface area contributed by atoms with Gasteiger partial charge in [-0.1, -0.05) is 190 Å². The Balaban J connectivity index is 1.33. The smallest absolute Gasteiger partial charge is 0.0540 e. The fraction of sp³-hybridized carbons (Fsp3) is 0.0588. The van der Waals surface area contributed by atoms with Crippen molar-refractivity contribution in [2.45, 2.75) is 19.3 Å². The predicted molar refractivity (Wildman–Crippen MR) is 220 cm³/mol. The van der Waals surface area contributed by atoms with Crippen LogP contribution in [0.5, 0.6) is 0 Å². The average Bonchev–Trinajstić information content (AvgIpc) is 3.45. The van der Waals surface area contributed by atoms with Gasteiger partial charge in [0.25, 0.3) is 0 Å². The van der Waals surface area contributed by atoms with Gasteiger partial charge in [0.1, 0.15) is 0 Å². The standard InChI is InChI=1S/C51H39N/c1-51(2)46-29-15-12-27-44(46)50-43(28-18-30-47(50)51)42-26-14-17-32-49(42)52(48-31-16-13-25-41(48)37-21-8-4-9-22-37)39-33-34-40(36-19-6-3-7-20-36)45(35-39)38-23-10-5-11-24-38/h3-35H,1-2H3. The summed E-state index contributed by atoms with van der Waals surface area (Å²) in [5, 5.41) is 0. The molecule has 0 N–H and O–H groups in total. The molecule has 1 aliphatic rings. The fourth-order valence-corrected chi connectivity index (χ4v) is 8.21. The summed E-state index contributed by atoms with van der Waals surface area (Å²) in [6.07, 6.45) is 0. The molecule has 248 valence electrons. The molecule has 0 saturated heterocycles. The van der Waals surface area contributed by atoms with Crippen molar-refractivity contribution in [2.24, 2.45) is 0 Å². The van der Waals surface area contributed by atoms with Crippen molar-refractivity contribution >= 4 is 17.1 Å². The highest BCUT2D eigenvalue weighted by Crippen LogP contribution is 2.54. The molecule has 0 heterocycles. The van der Waals surface area contributed by atoms with E-state index in [-0.39, 0.29) is 5.41 Å². The second-order valence-corrected chi connectivity index (χ2v) is 14.1. The molecule has 0 unspecified atom stereocenters. The summed E-state index contributed by atoms with van der Waals surface area (Å²) in [5.74, 6) is 0. The van der Waals surface area contributed by atoms with Crippen molar-refractivity contribution in [2.75, 3.05) is 4.90 Å². The number of rotatable bonds is 7. The Morgan fingerprint density at radius 3 is 1.44 bits per heavy atom. The van der Waals surface area contributed by atoms with Crippen molar-refractivity contribution in [3.8, 4) is 55.6 Å². The zero-order valence-corrected chi connectivity index (χ0v) is 29.5. The maximum atomic E-state index is 2.48. The van der Waals surface area contributed by atoms with Crippen LogP contribution >= 0.6 is 0 Å². The maximum absolute atomic E-state index is 2.48. The number of para-hydroxylation sites is 2. The second kappa shape index (κ2) is 13.0. The molecular weight excluding hydrogens is 627 g/mol. The monoisotopic (exact) mass is 665 g/mol. The molecule has 52 heavy (non-hydrogen) atoms. The summed E-state index contributed by atoms with van der Waals surface area (Å²) >= 11 is 0. The molecule has 0 atom stereocenters. The molecule has 0 spiro atoms. The first-order chi connectivity index (χ1) is 25.6. The van der Waals surface area contributed by atoms with Crippen LogP contribution in [0, 0.1) is 0 Å². The Morgan fingerprint density at radius 2 is 0.788 bits per heavy atom. The molecule has 0 aliphatic heterocycles. The number of anilines is 3. The SMILES string of the molecule is CC1(C)c2ccccc2-c2c(-c3ccccc3N(c3ccc(-c4ccccc4)c(-c4ccccc4)c3)c3ccccc3-c3ccccc3)cccc21. The van der Waals surface area contributed by atoms with Crippen LogP contribution in [0.15, 0.2) is 200 Å². The van der Waals surface area contributed by atoms with Crippen LogP contribution in [0.2, 0.25) is 0 Å². The van der Waals surface area contributed by atoms with Gasteiger partial charge in [-0.15, -0.1) is 0 Å². The largest absolute Gasteiger partial charge is 0.309 e. The summed E-state index contributed by atoms with van der Waals surface area (Å²) in [5.41, 5.74) is 18.3. The molecule has 9 rings (SSSR count). The van der Waals surface area contributed by atoms with Crippen LogP contribution < -0.4 is 4.90 Å². The molecule has 0 amide bonds. The van der Waals surface area contributed by atoms with Gasteiger partial charge in [0, 0.05) is 22.2 Å². The van der Waals surface area contributed by atoms with Crippen molar-refractivity contribution < 1.29 is 0 Å². The first kappa shape index (κ1) is 31.5. The fourth-order valence-electron chi connectivity index (χ4n) is 8.21. The van der Waals surface area contributed by atoms with E-state index in [0.717, 1.165) is 17.1 Å². The van der Waals surface area contributed by atoms with E-state index in [4.69, 9.17) is 0 Å². The normalized spacial score (nSPS) is 12.6. The Hall–Kier alpha value is -6.44. The first-order valence-corrected chi connectivity index (χ1v) is 18.1. The summed E-state index contributed by atoms with van der Waals surface area (Å²) in [6.45, 7) is 4.71. The minimum absolute atomic E-state index is 0.0890. The molecule has 0 radical (unpaired) electrons. The van der Waals surface area contributed by atoms with Gasteiger partial charge in [0.2, 0.25) is 0 Å². The molecule has 8 aromatic carbocycles. The molecule has 1 aliphatic carbocycles. The summed E-state index contributed by atoms with van der Waals surface area (Å²) in [6, 6.07) is 72.8. The third kappa shape index (κ3) is 5.34. The van der Waals surface area contributed by atoms with E-state index in [1.54, 1.807) is 0 Å². The highest BCUT2D eigenvalue weighted by molar-refractivity contribution is 6.00. The molecular formula is C51H39N. The zero-order chi connectivity index (χ0) is 35.1. The summed E-state index contributed by atoms with van der Waals surface area (Å²) in [7, 11) is 0. The number of nitrogens with zero attached hydrogens (tertiary/aromatic N) is 1. The Morgan fingerprint density at radius 1 is 0.327 bits per heavy atom. The van der Waals surface area contributed by atoms with E-state index in [0.29, 0.717) is 0 Å². The van der Waals surface area contributed by atoms with Crippen molar-refractivity contribution in [1.82, 2.24) is 0 Å². The van der Waals surface area contributed by atoms with Gasteiger partial charge in [0.15, 0.2) is 0 Å². The Labute approximate surface area is 307 Å². The highest BCUT2D eigenvalue weighted by Gasteiger charge is 2.37. The lowest BCUT2D eigenvalue weighted by Crippen LogP contribution is -2.15. The summed E-state index contributed by atoms with van der Waals surface area (Å²) < 4.78 is 0. The topological polar surface area (TPSA) is 3.24 Å². The maximum Gasteiger partial charge on any atom is 0.0540 e. The van der Waals surface area contributed by atoms with E-state index < -0.39 is 0 Å².